The Kier molecular flexibility index (Phi) is 6.56. The molecule has 0 saturated heterocycles. The second-order valence-corrected chi connectivity index (χ2v) is 6.11. The minimum absolute atomic E-state index is 0.0464. The van der Waals surface area contributed by atoms with E-state index in [9.17, 15) is 27.6 Å². The summed E-state index contributed by atoms with van der Waals surface area (Å²) in [5.74, 6) is -2.51. The first-order chi connectivity index (χ1) is 13.1. The number of aryl methyl sites for hydroxylation is 1. The van der Waals surface area contributed by atoms with E-state index in [0.29, 0.717) is 0 Å². The Morgan fingerprint density at radius 2 is 1.61 bits per heavy atom. The maximum absolute atomic E-state index is 13.0. The predicted molar refractivity (Wildman–Crippen MR) is 97.8 cm³/mol. The van der Waals surface area contributed by atoms with Crippen LogP contribution in [-0.4, -0.2) is 35.6 Å². The minimum atomic E-state index is -4.63. The fourth-order valence-corrected chi connectivity index (χ4v) is 2.50. The largest absolute Gasteiger partial charge is 0.418 e. The highest BCUT2D eigenvalue weighted by atomic mass is 19.4. The molecule has 0 radical (unpaired) electrons. The number of halogens is 3. The first kappa shape index (κ1) is 21.1. The lowest BCUT2D eigenvalue weighted by atomic mass is 10.1. The molecule has 2 rings (SSSR count). The minimum Gasteiger partial charge on any atom is -0.327 e. The van der Waals surface area contributed by atoms with Crippen LogP contribution in [0.3, 0.4) is 0 Å². The number of likely N-dealkylation sites (N-methyl/N-ethyl adjacent to an activating group) is 1. The van der Waals surface area contributed by atoms with Crippen LogP contribution in [0.2, 0.25) is 0 Å². The molecular formula is C20H19F3N2O3. The summed E-state index contributed by atoms with van der Waals surface area (Å²) in [4.78, 5) is 37.9. The molecule has 0 aliphatic rings. The molecule has 0 aliphatic carbocycles. The number of benzene rings is 2. The van der Waals surface area contributed by atoms with Gasteiger partial charge in [0, 0.05) is 12.1 Å². The molecule has 0 bridgehead atoms. The number of amides is 2. The molecule has 1 N–H and O–H groups in total. The molecule has 2 aromatic rings. The molecule has 0 spiro atoms. The number of nitrogens with one attached hydrogen (secondary N) is 1. The van der Waals surface area contributed by atoms with Crippen molar-refractivity contribution in [3.05, 3.63) is 65.2 Å². The van der Waals surface area contributed by atoms with Crippen molar-refractivity contribution in [3.8, 4) is 0 Å². The average Bonchev–Trinajstić information content (AvgIpc) is 2.65. The molecule has 0 saturated carbocycles. The maximum atomic E-state index is 13.0. The zero-order valence-electron chi connectivity index (χ0n) is 15.3. The number of hydrogen-bond acceptors (Lipinski definition) is 3. The highest BCUT2D eigenvalue weighted by Crippen LogP contribution is 2.34. The highest BCUT2D eigenvalue weighted by Gasteiger charge is 2.33. The Morgan fingerprint density at radius 3 is 2.18 bits per heavy atom. The summed E-state index contributed by atoms with van der Waals surface area (Å²) in [7, 11) is 0. The summed E-state index contributed by atoms with van der Waals surface area (Å²) >= 11 is 0. The van der Waals surface area contributed by atoms with E-state index in [4.69, 9.17) is 0 Å². The monoisotopic (exact) mass is 392 g/mol. The predicted octanol–water partition coefficient (Wildman–Crippen LogP) is 3.68. The van der Waals surface area contributed by atoms with Gasteiger partial charge in [-0.2, -0.15) is 13.2 Å². The Balaban J connectivity index is 2.10. The maximum Gasteiger partial charge on any atom is 0.418 e. The zero-order valence-corrected chi connectivity index (χ0v) is 15.3. The van der Waals surface area contributed by atoms with Crippen LogP contribution >= 0.6 is 0 Å². The molecule has 5 nitrogen and oxygen atoms in total. The number of hydrogen-bond donors (Lipinski definition) is 1. The van der Waals surface area contributed by atoms with Crippen molar-refractivity contribution < 1.29 is 27.6 Å². The summed E-state index contributed by atoms with van der Waals surface area (Å²) in [5.41, 5.74) is -0.308. The molecule has 148 valence electrons. The first-order valence-corrected chi connectivity index (χ1v) is 8.49. The standard InChI is InChI=1S/C20H19F3N2O3/c1-3-25(19(28)18(27)14-10-8-13(2)9-11-14)12-17(26)24-16-7-5-4-6-15(16)20(21,22)23/h4-11H,3,12H2,1-2H3,(H,24,26). The van der Waals surface area contributed by atoms with Crippen LogP contribution in [0.25, 0.3) is 0 Å². The van der Waals surface area contributed by atoms with E-state index < -0.39 is 41.6 Å². The van der Waals surface area contributed by atoms with Crippen molar-refractivity contribution >= 4 is 23.3 Å². The van der Waals surface area contributed by atoms with Crippen molar-refractivity contribution in [2.24, 2.45) is 0 Å². The second kappa shape index (κ2) is 8.69. The summed E-state index contributed by atoms with van der Waals surface area (Å²) < 4.78 is 39.1. The number of alkyl halides is 3. The van der Waals surface area contributed by atoms with E-state index >= 15 is 0 Å². The Labute approximate surface area is 160 Å². The SMILES string of the molecule is CCN(CC(=O)Nc1ccccc1C(F)(F)F)C(=O)C(=O)c1ccc(C)cc1. The molecule has 0 aromatic heterocycles. The number of anilines is 1. The molecular weight excluding hydrogens is 373 g/mol. The molecule has 0 heterocycles. The Morgan fingerprint density at radius 1 is 1.00 bits per heavy atom. The number of carbonyl (C=O) groups is 3. The van der Waals surface area contributed by atoms with Gasteiger partial charge in [0.05, 0.1) is 11.3 Å². The number of carbonyl (C=O) groups excluding carboxylic acids is 3. The number of para-hydroxylation sites is 1. The van der Waals surface area contributed by atoms with Gasteiger partial charge in [-0.15, -0.1) is 0 Å². The third-order valence-electron chi connectivity index (χ3n) is 4.02. The number of nitrogens with zero attached hydrogens (tertiary/aromatic N) is 1. The molecule has 0 aliphatic heterocycles. The quantitative estimate of drug-likeness (QED) is 0.602. The van der Waals surface area contributed by atoms with Crippen molar-refractivity contribution in [1.29, 1.82) is 0 Å². The van der Waals surface area contributed by atoms with Crippen LogP contribution in [0.5, 0.6) is 0 Å². The van der Waals surface area contributed by atoms with Crippen molar-refractivity contribution in [3.63, 3.8) is 0 Å². The van der Waals surface area contributed by atoms with Crippen LogP contribution in [0.1, 0.15) is 28.4 Å². The van der Waals surface area contributed by atoms with Crippen LogP contribution in [-0.2, 0) is 15.8 Å². The third-order valence-corrected chi connectivity index (χ3v) is 4.02. The topological polar surface area (TPSA) is 66.5 Å². The van der Waals surface area contributed by atoms with E-state index in [1.807, 2.05) is 6.92 Å². The molecule has 0 fully saturated rings. The number of ketones is 1. The Hall–Kier alpha value is -3.16. The van der Waals surface area contributed by atoms with E-state index in [2.05, 4.69) is 5.32 Å². The fraction of sp³-hybridized carbons (Fsp3) is 0.250. The number of Topliss-reactive ketones (excluding diaryl/α,β-unsaturated/α-hetero) is 1. The first-order valence-electron chi connectivity index (χ1n) is 8.49. The molecule has 0 atom stereocenters. The van der Waals surface area contributed by atoms with Crippen LogP contribution in [0.15, 0.2) is 48.5 Å². The van der Waals surface area contributed by atoms with Gasteiger partial charge in [-0.25, -0.2) is 0 Å². The van der Waals surface area contributed by atoms with Gasteiger partial charge in [0.1, 0.15) is 6.54 Å². The third kappa shape index (κ3) is 5.18. The van der Waals surface area contributed by atoms with Gasteiger partial charge in [-0.05, 0) is 26.0 Å². The molecule has 2 aromatic carbocycles. The lowest BCUT2D eigenvalue weighted by molar-refractivity contribution is -0.137. The summed E-state index contributed by atoms with van der Waals surface area (Å²) in [6, 6.07) is 10.9. The lowest BCUT2D eigenvalue weighted by Gasteiger charge is -2.20. The van der Waals surface area contributed by atoms with Gasteiger partial charge >= 0.3 is 6.18 Å². The van der Waals surface area contributed by atoms with E-state index in [1.54, 1.807) is 19.1 Å². The van der Waals surface area contributed by atoms with Gasteiger partial charge in [-0.1, -0.05) is 42.0 Å². The average molecular weight is 392 g/mol. The molecule has 8 heteroatoms. The van der Waals surface area contributed by atoms with Crippen molar-refractivity contribution in [2.45, 2.75) is 20.0 Å². The smallest absolute Gasteiger partial charge is 0.327 e. The van der Waals surface area contributed by atoms with Gasteiger partial charge in [0.25, 0.3) is 5.91 Å². The normalized spacial score (nSPS) is 11.0. The lowest BCUT2D eigenvalue weighted by Crippen LogP contribution is -2.41. The van der Waals surface area contributed by atoms with Crippen molar-refractivity contribution in [2.75, 3.05) is 18.4 Å². The van der Waals surface area contributed by atoms with E-state index in [1.165, 1.54) is 24.3 Å². The zero-order chi connectivity index (χ0) is 20.9. The van der Waals surface area contributed by atoms with Gasteiger partial charge in [0.2, 0.25) is 11.7 Å². The molecule has 2 amide bonds. The fourth-order valence-electron chi connectivity index (χ4n) is 2.50. The van der Waals surface area contributed by atoms with Crippen LogP contribution in [0.4, 0.5) is 18.9 Å². The van der Waals surface area contributed by atoms with E-state index in [-0.39, 0.29) is 12.1 Å². The summed E-state index contributed by atoms with van der Waals surface area (Å²) in [6.07, 6.45) is -4.63. The van der Waals surface area contributed by atoms with Crippen LogP contribution in [0, 0.1) is 6.92 Å². The van der Waals surface area contributed by atoms with Gasteiger partial charge in [0.15, 0.2) is 0 Å². The number of rotatable bonds is 6. The summed E-state index contributed by atoms with van der Waals surface area (Å²) in [5, 5.41) is 2.16. The summed E-state index contributed by atoms with van der Waals surface area (Å²) in [6.45, 7) is 2.90. The van der Waals surface area contributed by atoms with Crippen LogP contribution < -0.4 is 5.32 Å². The molecule has 28 heavy (non-hydrogen) atoms. The van der Waals surface area contributed by atoms with Crippen molar-refractivity contribution in [1.82, 2.24) is 4.90 Å². The van der Waals surface area contributed by atoms with Gasteiger partial charge < -0.3 is 10.2 Å². The Bertz CT molecular complexity index is 877. The van der Waals surface area contributed by atoms with E-state index in [0.717, 1.165) is 22.6 Å². The second-order valence-electron chi connectivity index (χ2n) is 6.11. The van der Waals surface area contributed by atoms with Gasteiger partial charge in [-0.3, -0.25) is 14.4 Å². The highest BCUT2D eigenvalue weighted by molar-refractivity contribution is 6.42. The molecule has 0 unspecified atom stereocenters.